The molecular formula is C9H12N6. The summed E-state index contributed by atoms with van der Waals surface area (Å²) >= 11 is 0. The average molecular weight is 204 g/mol. The van der Waals surface area contributed by atoms with Crippen LogP contribution in [0.2, 0.25) is 0 Å². The maximum atomic E-state index is 5.64. The highest BCUT2D eigenvalue weighted by atomic mass is 15.5. The highest BCUT2D eigenvalue weighted by molar-refractivity contribution is 5.79. The van der Waals surface area contributed by atoms with Gasteiger partial charge in [-0.1, -0.05) is 19.1 Å². The number of rotatable bonds is 3. The predicted molar refractivity (Wildman–Crippen MR) is 57.0 cm³/mol. The van der Waals surface area contributed by atoms with Crippen molar-refractivity contribution in [3.63, 3.8) is 0 Å². The van der Waals surface area contributed by atoms with Crippen molar-refractivity contribution in [1.82, 2.24) is 25.0 Å². The second-order valence-corrected chi connectivity index (χ2v) is 3.07. The Morgan fingerprint density at radius 1 is 1.33 bits per heavy atom. The third kappa shape index (κ3) is 1.93. The first-order chi connectivity index (χ1) is 7.31. The zero-order valence-corrected chi connectivity index (χ0v) is 8.46. The summed E-state index contributed by atoms with van der Waals surface area (Å²) in [5.41, 5.74) is 6.73. The number of nitrogens with two attached hydrogens (primary N) is 1. The molecule has 0 aliphatic heterocycles. The normalized spacial score (nSPS) is 11.5. The van der Waals surface area contributed by atoms with Gasteiger partial charge in [-0.3, -0.25) is 0 Å². The SMILES string of the molecule is CC/C=C/Cn1nc2ncnc(N)c2n1. The predicted octanol–water partition coefficient (Wildman–Crippen LogP) is 0.770. The van der Waals surface area contributed by atoms with E-state index in [2.05, 4.69) is 33.2 Å². The van der Waals surface area contributed by atoms with E-state index in [0.29, 0.717) is 23.5 Å². The number of fused-ring (bicyclic) bond motifs is 1. The van der Waals surface area contributed by atoms with Crippen LogP contribution in [-0.4, -0.2) is 25.0 Å². The molecule has 0 unspecified atom stereocenters. The molecule has 0 amide bonds. The largest absolute Gasteiger partial charge is 0.382 e. The first kappa shape index (κ1) is 9.57. The molecule has 0 aliphatic rings. The molecule has 0 bridgehead atoms. The Morgan fingerprint density at radius 2 is 2.20 bits per heavy atom. The Bertz CT molecular complexity index is 486. The van der Waals surface area contributed by atoms with Crippen molar-refractivity contribution < 1.29 is 0 Å². The smallest absolute Gasteiger partial charge is 0.207 e. The fourth-order valence-electron chi connectivity index (χ4n) is 1.22. The molecule has 0 saturated carbocycles. The van der Waals surface area contributed by atoms with Crippen LogP contribution in [0.25, 0.3) is 11.2 Å². The Hall–Kier alpha value is -1.98. The van der Waals surface area contributed by atoms with Gasteiger partial charge < -0.3 is 5.73 Å². The van der Waals surface area contributed by atoms with Crippen molar-refractivity contribution in [2.24, 2.45) is 0 Å². The summed E-state index contributed by atoms with van der Waals surface area (Å²) < 4.78 is 0. The second-order valence-electron chi connectivity index (χ2n) is 3.07. The van der Waals surface area contributed by atoms with E-state index in [4.69, 9.17) is 5.73 Å². The fraction of sp³-hybridized carbons (Fsp3) is 0.333. The number of nitrogens with zero attached hydrogens (tertiary/aromatic N) is 5. The van der Waals surface area contributed by atoms with Gasteiger partial charge in [0.1, 0.15) is 6.33 Å². The third-order valence-corrected chi connectivity index (χ3v) is 1.93. The number of hydrogen-bond acceptors (Lipinski definition) is 5. The molecule has 0 aliphatic carbocycles. The molecule has 2 aromatic heterocycles. The van der Waals surface area contributed by atoms with Gasteiger partial charge in [0, 0.05) is 0 Å². The van der Waals surface area contributed by atoms with Crippen LogP contribution in [0.4, 0.5) is 5.82 Å². The van der Waals surface area contributed by atoms with Crippen LogP contribution in [0.5, 0.6) is 0 Å². The highest BCUT2D eigenvalue weighted by Crippen LogP contribution is 2.10. The lowest BCUT2D eigenvalue weighted by Gasteiger charge is -1.90. The second kappa shape index (κ2) is 4.04. The lowest BCUT2D eigenvalue weighted by molar-refractivity contribution is 0.609. The molecule has 78 valence electrons. The monoisotopic (exact) mass is 204 g/mol. The van der Waals surface area contributed by atoms with E-state index in [1.165, 1.54) is 6.33 Å². The van der Waals surface area contributed by atoms with Crippen molar-refractivity contribution in [3.05, 3.63) is 18.5 Å². The molecule has 2 aromatic rings. The number of hydrogen-bond donors (Lipinski definition) is 1. The van der Waals surface area contributed by atoms with E-state index < -0.39 is 0 Å². The van der Waals surface area contributed by atoms with Gasteiger partial charge in [0.15, 0.2) is 11.3 Å². The Kier molecular flexibility index (Phi) is 2.57. The molecule has 6 nitrogen and oxygen atoms in total. The van der Waals surface area contributed by atoms with Crippen molar-refractivity contribution >= 4 is 17.0 Å². The maximum Gasteiger partial charge on any atom is 0.207 e. The molecule has 0 radical (unpaired) electrons. The van der Waals surface area contributed by atoms with Crippen LogP contribution in [0, 0.1) is 0 Å². The quantitative estimate of drug-likeness (QED) is 0.746. The topological polar surface area (TPSA) is 82.5 Å². The van der Waals surface area contributed by atoms with Gasteiger partial charge in [-0.25, -0.2) is 9.97 Å². The van der Waals surface area contributed by atoms with Crippen LogP contribution >= 0.6 is 0 Å². The van der Waals surface area contributed by atoms with E-state index in [0.717, 1.165) is 6.42 Å². The summed E-state index contributed by atoms with van der Waals surface area (Å²) in [7, 11) is 0. The molecule has 0 spiro atoms. The van der Waals surface area contributed by atoms with Gasteiger partial charge >= 0.3 is 0 Å². The number of nitrogen functional groups attached to an aromatic ring is 1. The van der Waals surface area contributed by atoms with E-state index in [9.17, 15) is 0 Å². The minimum Gasteiger partial charge on any atom is -0.382 e. The molecule has 0 fully saturated rings. The molecule has 2 heterocycles. The third-order valence-electron chi connectivity index (χ3n) is 1.93. The van der Waals surface area contributed by atoms with E-state index in [-0.39, 0.29) is 0 Å². The van der Waals surface area contributed by atoms with Gasteiger partial charge in [0.05, 0.1) is 6.54 Å². The highest BCUT2D eigenvalue weighted by Gasteiger charge is 2.06. The van der Waals surface area contributed by atoms with Crippen LogP contribution in [-0.2, 0) is 6.54 Å². The van der Waals surface area contributed by atoms with Crippen LogP contribution in [0.3, 0.4) is 0 Å². The van der Waals surface area contributed by atoms with E-state index in [1.54, 1.807) is 4.80 Å². The van der Waals surface area contributed by atoms with Gasteiger partial charge in [-0.2, -0.15) is 4.80 Å². The van der Waals surface area contributed by atoms with Crippen molar-refractivity contribution in [2.75, 3.05) is 5.73 Å². The first-order valence-corrected chi connectivity index (χ1v) is 4.77. The standard InChI is InChI=1S/C9H12N6/c1-2-3-4-5-15-13-7-8(10)11-6-12-9(7)14-15/h3-4,6H,2,5H2,1H3,(H2,10,11,12,14)/b4-3+. The van der Waals surface area contributed by atoms with E-state index >= 15 is 0 Å². The molecule has 0 atom stereocenters. The number of allylic oxidation sites excluding steroid dienone is 2. The summed E-state index contributed by atoms with van der Waals surface area (Å²) in [6.07, 6.45) is 6.45. The Labute approximate surface area is 86.8 Å². The van der Waals surface area contributed by atoms with Crippen molar-refractivity contribution in [2.45, 2.75) is 19.9 Å². The molecule has 0 saturated heterocycles. The summed E-state index contributed by atoms with van der Waals surface area (Å²) in [5, 5.41) is 8.36. The minimum atomic E-state index is 0.366. The molecule has 2 N–H and O–H groups in total. The molecule has 6 heteroatoms. The summed E-state index contributed by atoms with van der Waals surface area (Å²) in [6, 6.07) is 0. The Morgan fingerprint density at radius 3 is 2.93 bits per heavy atom. The average Bonchev–Trinajstić information content (AvgIpc) is 2.63. The Balaban J connectivity index is 2.31. The van der Waals surface area contributed by atoms with Crippen molar-refractivity contribution in [1.29, 1.82) is 0 Å². The maximum absolute atomic E-state index is 5.64. The number of anilines is 1. The lowest BCUT2D eigenvalue weighted by atomic mass is 10.4. The fourth-order valence-corrected chi connectivity index (χ4v) is 1.22. The molecule has 0 aromatic carbocycles. The van der Waals surface area contributed by atoms with Crippen LogP contribution in [0.1, 0.15) is 13.3 Å². The van der Waals surface area contributed by atoms with Gasteiger partial charge in [0.25, 0.3) is 0 Å². The zero-order valence-electron chi connectivity index (χ0n) is 8.46. The minimum absolute atomic E-state index is 0.366. The zero-order chi connectivity index (χ0) is 10.7. The molecular weight excluding hydrogens is 192 g/mol. The van der Waals surface area contributed by atoms with E-state index in [1.807, 2.05) is 6.08 Å². The lowest BCUT2D eigenvalue weighted by Crippen LogP contribution is -1.99. The summed E-state index contributed by atoms with van der Waals surface area (Å²) in [5.74, 6) is 0.366. The van der Waals surface area contributed by atoms with Gasteiger partial charge in [-0.15, -0.1) is 10.2 Å². The van der Waals surface area contributed by atoms with Crippen molar-refractivity contribution in [3.8, 4) is 0 Å². The number of aromatic nitrogens is 5. The van der Waals surface area contributed by atoms with Gasteiger partial charge in [0.2, 0.25) is 5.65 Å². The molecule has 2 rings (SSSR count). The molecule has 15 heavy (non-hydrogen) atoms. The van der Waals surface area contributed by atoms with Crippen LogP contribution < -0.4 is 5.73 Å². The first-order valence-electron chi connectivity index (χ1n) is 4.77. The summed E-state index contributed by atoms with van der Waals surface area (Å²) in [6.45, 7) is 2.70. The van der Waals surface area contributed by atoms with Crippen LogP contribution in [0.15, 0.2) is 18.5 Å². The van der Waals surface area contributed by atoms with Gasteiger partial charge in [-0.05, 0) is 6.42 Å². The summed E-state index contributed by atoms with van der Waals surface area (Å²) in [4.78, 5) is 9.39.